The molecule has 0 aliphatic rings. The van der Waals surface area contributed by atoms with Crippen molar-refractivity contribution in [2.45, 2.75) is 13.0 Å². The maximum atomic E-state index is 5.76. The van der Waals surface area contributed by atoms with Gasteiger partial charge in [0.25, 0.3) is 0 Å². The van der Waals surface area contributed by atoms with Gasteiger partial charge in [0.05, 0.1) is 5.39 Å². The zero-order valence-corrected chi connectivity index (χ0v) is 17.1. The molecule has 0 radical (unpaired) electrons. The number of nitrogens with one attached hydrogen (secondary N) is 2. The third-order valence-corrected chi connectivity index (χ3v) is 5.23. The van der Waals surface area contributed by atoms with Crippen LogP contribution in [-0.4, -0.2) is 27.1 Å². The number of anilines is 2. The Morgan fingerprint density at radius 3 is 2.66 bits per heavy atom. The molecule has 4 rings (SSSR count). The fourth-order valence-electron chi connectivity index (χ4n) is 3.25. The van der Waals surface area contributed by atoms with Crippen LogP contribution in [0.1, 0.15) is 18.5 Å². The van der Waals surface area contributed by atoms with Gasteiger partial charge in [-0.3, -0.25) is 0 Å². The van der Waals surface area contributed by atoms with E-state index >= 15 is 0 Å². The maximum Gasteiger partial charge on any atom is 0.170 e. The first kappa shape index (κ1) is 18.9. The van der Waals surface area contributed by atoms with Crippen molar-refractivity contribution in [1.82, 2.24) is 15.0 Å². The number of rotatable bonds is 5. The standard InChI is InChI=1S/C22H22N6S/c1-14(15-7-4-3-5-8-15)26-20-18-12-19(27-21(18)25-13-24-20)16-9-6-10-17(11-16)28(2)22(23)29/h3-14H,1-2H3,(H2,23,29)(H2,24,25,26,27)/t14-/m1/s1. The molecule has 4 aromatic rings. The average Bonchev–Trinajstić information content (AvgIpc) is 3.19. The van der Waals surface area contributed by atoms with E-state index in [9.17, 15) is 0 Å². The van der Waals surface area contributed by atoms with Crippen LogP contribution in [0.2, 0.25) is 0 Å². The second-order valence-electron chi connectivity index (χ2n) is 6.89. The van der Waals surface area contributed by atoms with Crippen LogP contribution in [-0.2, 0) is 0 Å². The maximum absolute atomic E-state index is 5.76. The Morgan fingerprint density at radius 2 is 1.90 bits per heavy atom. The molecule has 0 aliphatic carbocycles. The van der Waals surface area contributed by atoms with Crippen LogP contribution in [0.15, 0.2) is 67.0 Å². The first-order chi connectivity index (χ1) is 14.0. The molecule has 2 heterocycles. The number of aromatic amines is 1. The predicted octanol–water partition coefficient (Wildman–Crippen LogP) is 4.48. The van der Waals surface area contributed by atoms with E-state index in [1.54, 1.807) is 11.2 Å². The van der Waals surface area contributed by atoms with Gasteiger partial charge in [0.1, 0.15) is 17.8 Å². The van der Waals surface area contributed by atoms with Crippen LogP contribution < -0.4 is 16.0 Å². The molecule has 0 aliphatic heterocycles. The van der Waals surface area contributed by atoms with Gasteiger partial charge in [0, 0.05) is 30.0 Å². The number of fused-ring (bicyclic) bond motifs is 1. The van der Waals surface area contributed by atoms with E-state index in [4.69, 9.17) is 18.0 Å². The van der Waals surface area contributed by atoms with Crippen LogP contribution in [0.5, 0.6) is 0 Å². The zero-order valence-electron chi connectivity index (χ0n) is 16.3. The predicted molar refractivity (Wildman–Crippen MR) is 123 cm³/mol. The molecule has 0 unspecified atom stereocenters. The molecular formula is C22H22N6S. The van der Waals surface area contributed by atoms with Gasteiger partial charge >= 0.3 is 0 Å². The second kappa shape index (κ2) is 7.89. The summed E-state index contributed by atoms with van der Waals surface area (Å²) in [5, 5.41) is 4.77. The van der Waals surface area contributed by atoms with E-state index in [-0.39, 0.29) is 6.04 Å². The minimum Gasteiger partial charge on any atom is -0.376 e. The van der Waals surface area contributed by atoms with Gasteiger partial charge in [-0.1, -0.05) is 42.5 Å². The highest BCUT2D eigenvalue weighted by Crippen LogP contribution is 2.30. The molecule has 29 heavy (non-hydrogen) atoms. The van der Waals surface area contributed by atoms with E-state index in [0.717, 1.165) is 33.8 Å². The van der Waals surface area contributed by atoms with Gasteiger partial charge < -0.3 is 20.9 Å². The molecule has 0 amide bonds. The quantitative estimate of drug-likeness (QED) is 0.427. The first-order valence-corrected chi connectivity index (χ1v) is 9.72. The number of hydrogen-bond donors (Lipinski definition) is 3. The van der Waals surface area contributed by atoms with Crippen molar-refractivity contribution in [2.24, 2.45) is 5.73 Å². The molecule has 4 N–H and O–H groups in total. The second-order valence-corrected chi connectivity index (χ2v) is 7.31. The Hall–Kier alpha value is -3.45. The average molecular weight is 403 g/mol. The molecule has 0 saturated heterocycles. The number of H-pyrrole nitrogens is 1. The highest BCUT2D eigenvalue weighted by molar-refractivity contribution is 7.80. The lowest BCUT2D eigenvalue weighted by Crippen LogP contribution is -2.31. The van der Waals surface area contributed by atoms with Crippen molar-refractivity contribution in [1.29, 1.82) is 0 Å². The van der Waals surface area contributed by atoms with Crippen molar-refractivity contribution in [2.75, 3.05) is 17.3 Å². The number of nitrogens with zero attached hydrogens (tertiary/aromatic N) is 3. The van der Waals surface area contributed by atoms with Crippen molar-refractivity contribution >= 4 is 39.9 Å². The summed E-state index contributed by atoms with van der Waals surface area (Å²) >= 11 is 5.08. The molecule has 1 atom stereocenters. The number of thiocarbonyl (C=S) groups is 1. The van der Waals surface area contributed by atoms with Crippen molar-refractivity contribution < 1.29 is 0 Å². The van der Waals surface area contributed by atoms with Crippen molar-refractivity contribution in [3.05, 3.63) is 72.6 Å². The summed E-state index contributed by atoms with van der Waals surface area (Å²) in [4.78, 5) is 14.0. The Morgan fingerprint density at radius 1 is 1.10 bits per heavy atom. The van der Waals surface area contributed by atoms with Crippen molar-refractivity contribution in [3.63, 3.8) is 0 Å². The van der Waals surface area contributed by atoms with E-state index < -0.39 is 0 Å². The Labute approximate surface area is 174 Å². The van der Waals surface area contributed by atoms with E-state index in [2.05, 4.69) is 45.4 Å². The lowest BCUT2D eigenvalue weighted by molar-refractivity contribution is 0.876. The highest BCUT2D eigenvalue weighted by atomic mass is 32.1. The molecule has 6 nitrogen and oxygen atoms in total. The molecule has 0 fully saturated rings. The Balaban J connectivity index is 1.68. The van der Waals surface area contributed by atoms with E-state index in [1.807, 2.05) is 49.5 Å². The molecular weight excluding hydrogens is 380 g/mol. The van der Waals surface area contributed by atoms with Gasteiger partial charge in [-0.05, 0) is 42.9 Å². The van der Waals surface area contributed by atoms with Gasteiger partial charge in [-0.2, -0.15) is 0 Å². The number of hydrogen-bond acceptors (Lipinski definition) is 4. The van der Waals surface area contributed by atoms with Crippen LogP contribution in [0, 0.1) is 0 Å². The molecule has 2 aromatic heterocycles. The number of aromatic nitrogens is 3. The summed E-state index contributed by atoms with van der Waals surface area (Å²) in [7, 11) is 1.85. The third kappa shape index (κ3) is 3.90. The Kier molecular flexibility index (Phi) is 5.14. The van der Waals surface area contributed by atoms with Gasteiger partial charge in [-0.25, -0.2) is 9.97 Å². The molecule has 2 aromatic carbocycles. The summed E-state index contributed by atoms with van der Waals surface area (Å²) in [6.45, 7) is 2.12. The summed E-state index contributed by atoms with van der Waals surface area (Å²) in [6.07, 6.45) is 1.57. The highest BCUT2D eigenvalue weighted by Gasteiger charge is 2.13. The zero-order chi connectivity index (χ0) is 20.4. The van der Waals surface area contributed by atoms with Crippen LogP contribution in [0.3, 0.4) is 0 Å². The number of nitrogens with two attached hydrogens (primary N) is 1. The van der Waals surface area contributed by atoms with Crippen LogP contribution in [0.25, 0.3) is 22.3 Å². The fourth-order valence-corrected chi connectivity index (χ4v) is 3.36. The number of benzene rings is 2. The van der Waals surface area contributed by atoms with Gasteiger partial charge in [0.15, 0.2) is 5.11 Å². The van der Waals surface area contributed by atoms with Crippen molar-refractivity contribution in [3.8, 4) is 11.3 Å². The smallest absolute Gasteiger partial charge is 0.170 e. The summed E-state index contributed by atoms with van der Waals surface area (Å²) in [5.74, 6) is 0.797. The molecule has 0 bridgehead atoms. The minimum atomic E-state index is 0.121. The summed E-state index contributed by atoms with van der Waals surface area (Å²) < 4.78 is 0. The van der Waals surface area contributed by atoms with E-state index in [0.29, 0.717) is 5.11 Å². The van der Waals surface area contributed by atoms with Crippen LogP contribution >= 0.6 is 12.2 Å². The molecule has 0 spiro atoms. The summed E-state index contributed by atoms with van der Waals surface area (Å²) in [6, 6.07) is 20.5. The van der Waals surface area contributed by atoms with Crippen LogP contribution in [0.4, 0.5) is 11.5 Å². The molecule has 146 valence electrons. The monoisotopic (exact) mass is 402 g/mol. The topological polar surface area (TPSA) is 82.9 Å². The SMILES string of the molecule is C[C@@H](Nc1ncnc2[nH]c(-c3cccc(N(C)C(N)=S)c3)cc12)c1ccccc1. The summed E-state index contributed by atoms with van der Waals surface area (Å²) in [5.41, 5.74) is 10.6. The Bertz CT molecular complexity index is 1150. The van der Waals surface area contributed by atoms with Gasteiger partial charge in [-0.15, -0.1) is 0 Å². The van der Waals surface area contributed by atoms with Gasteiger partial charge in [0.2, 0.25) is 0 Å². The van der Waals surface area contributed by atoms with E-state index in [1.165, 1.54) is 5.56 Å². The third-order valence-electron chi connectivity index (χ3n) is 4.95. The first-order valence-electron chi connectivity index (χ1n) is 9.31. The lowest BCUT2D eigenvalue weighted by atomic mass is 10.1. The fraction of sp³-hybridized carbons (Fsp3) is 0.136. The molecule has 0 saturated carbocycles. The largest absolute Gasteiger partial charge is 0.376 e. The normalized spacial score (nSPS) is 11.9. The minimum absolute atomic E-state index is 0.121. The lowest BCUT2D eigenvalue weighted by Gasteiger charge is -2.17. The molecule has 7 heteroatoms.